The first-order valence-corrected chi connectivity index (χ1v) is 9.21. The lowest BCUT2D eigenvalue weighted by atomic mass is 10.2. The standard InChI is InChI=1S/C18H24ClF3N4O/c1-23-17(24-9-3-2-8-18(20,21)22)26-11-10-25(16(27)13-26)12-14-4-6-15(19)7-5-14/h4-7H,2-3,8-13H2,1H3,(H,23,24). The molecule has 9 heteroatoms. The van der Waals surface area contributed by atoms with Crippen molar-refractivity contribution in [3.63, 3.8) is 0 Å². The normalized spacial score (nSPS) is 16.0. The second kappa shape index (κ2) is 9.82. The third kappa shape index (κ3) is 7.28. The molecule has 0 spiro atoms. The SMILES string of the molecule is CN=C(NCCCCC(F)(F)F)N1CCN(Cc2ccc(Cl)cc2)C(=O)C1. The molecule has 0 aliphatic carbocycles. The highest BCUT2D eigenvalue weighted by Crippen LogP contribution is 2.21. The Labute approximate surface area is 162 Å². The van der Waals surface area contributed by atoms with E-state index in [0.29, 0.717) is 43.6 Å². The molecule has 0 aromatic heterocycles. The van der Waals surface area contributed by atoms with Crippen LogP contribution in [0.5, 0.6) is 0 Å². The van der Waals surface area contributed by atoms with Crippen molar-refractivity contribution in [2.45, 2.75) is 32.0 Å². The number of halogens is 4. The molecule has 0 bridgehead atoms. The lowest BCUT2D eigenvalue weighted by Gasteiger charge is -2.36. The third-order valence-corrected chi connectivity index (χ3v) is 4.54. The van der Waals surface area contributed by atoms with E-state index in [2.05, 4.69) is 10.3 Å². The molecule has 0 radical (unpaired) electrons. The molecule has 0 unspecified atom stereocenters. The fourth-order valence-electron chi connectivity index (χ4n) is 2.85. The van der Waals surface area contributed by atoms with Gasteiger partial charge in [0, 0.05) is 44.7 Å². The van der Waals surface area contributed by atoms with Gasteiger partial charge in [0.25, 0.3) is 0 Å². The van der Waals surface area contributed by atoms with Crippen LogP contribution in [0.1, 0.15) is 24.8 Å². The van der Waals surface area contributed by atoms with Gasteiger partial charge in [-0.25, -0.2) is 0 Å². The number of nitrogens with zero attached hydrogens (tertiary/aromatic N) is 3. The zero-order chi connectivity index (χ0) is 19.9. The topological polar surface area (TPSA) is 47.9 Å². The molecule has 1 aromatic rings. The predicted octanol–water partition coefficient (Wildman–Crippen LogP) is 3.29. The number of alkyl halides is 3. The maximum absolute atomic E-state index is 12.4. The molecule has 0 atom stereocenters. The summed E-state index contributed by atoms with van der Waals surface area (Å²) in [6.07, 6.45) is -4.44. The summed E-state index contributed by atoms with van der Waals surface area (Å²) in [5, 5.41) is 3.69. The monoisotopic (exact) mass is 404 g/mol. The molecular weight excluding hydrogens is 381 g/mol. The minimum atomic E-state index is -4.12. The summed E-state index contributed by atoms with van der Waals surface area (Å²) in [5.74, 6) is 0.526. The molecule has 1 N–H and O–H groups in total. The average Bonchev–Trinajstić information content (AvgIpc) is 2.61. The Bertz CT molecular complexity index is 649. The maximum atomic E-state index is 12.4. The number of aliphatic imine (C=N–C) groups is 1. The molecule has 1 heterocycles. The lowest BCUT2D eigenvalue weighted by Crippen LogP contribution is -2.55. The number of nitrogens with one attached hydrogen (secondary N) is 1. The molecular formula is C18H24ClF3N4O. The number of carbonyl (C=O) groups excluding carboxylic acids is 1. The van der Waals surface area contributed by atoms with E-state index < -0.39 is 12.6 Å². The smallest absolute Gasteiger partial charge is 0.356 e. The first kappa shape index (κ1) is 21.3. The molecule has 1 saturated heterocycles. The summed E-state index contributed by atoms with van der Waals surface area (Å²) in [6.45, 7) is 2.27. The van der Waals surface area contributed by atoms with Gasteiger partial charge in [-0.05, 0) is 30.5 Å². The molecule has 27 heavy (non-hydrogen) atoms. The Kier molecular flexibility index (Phi) is 7.77. The van der Waals surface area contributed by atoms with Gasteiger partial charge in [0.15, 0.2) is 5.96 Å². The quantitative estimate of drug-likeness (QED) is 0.449. The summed E-state index contributed by atoms with van der Waals surface area (Å²) in [5.41, 5.74) is 1.01. The Balaban J connectivity index is 1.77. The van der Waals surface area contributed by atoms with Gasteiger partial charge in [-0.3, -0.25) is 9.79 Å². The van der Waals surface area contributed by atoms with Gasteiger partial charge in [-0.15, -0.1) is 0 Å². The number of unbranched alkanes of at least 4 members (excludes halogenated alkanes) is 1. The van der Waals surface area contributed by atoms with Crippen LogP contribution in [-0.4, -0.2) is 61.1 Å². The van der Waals surface area contributed by atoms with Gasteiger partial charge < -0.3 is 15.1 Å². The van der Waals surface area contributed by atoms with Crippen molar-refractivity contribution in [2.24, 2.45) is 4.99 Å². The van der Waals surface area contributed by atoms with Gasteiger partial charge in [0.1, 0.15) is 0 Å². The van der Waals surface area contributed by atoms with E-state index in [0.717, 1.165) is 5.56 Å². The number of hydrogen-bond acceptors (Lipinski definition) is 2. The highest BCUT2D eigenvalue weighted by Gasteiger charge is 2.27. The first-order valence-electron chi connectivity index (χ1n) is 8.83. The molecule has 1 aliphatic heterocycles. The summed E-state index contributed by atoms with van der Waals surface area (Å²) >= 11 is 5.87. The van der Waals surface area contributed by atoms with Gasteiger partial charge >= 0.3 is 6.18 Å². The van der Waals surface area contributed by atoms with Gasteiger partial charge in [0.2, 0.25) is 5.91 Å². The second-order valence-corrected chi connectivity index (χ2v) is 6.85. The van der Waals surface area contributed by atoms with Crippen LogP contribution in [0.25, 0.3) is 0 Å². The number of carbonyl (C=O) groups is 1. The van der Waals surface area contributed by atoms with E-state index in [1.54, 1.807) is 24.1 Å². The van der Waals surface area contributed by atoms with Gasteiger partial charge in [-0.1, -0.05) is 23.7 Å². The van der Waals surface area contributed by atoms with Gasteiger partial charge in [-0.2, -0.15) is 13.2 Å². The average molecular weight is 405 g/mol. The van der Waals surface area contributed by atoms with Crippen molar-refractivity contribution in [1.82, 2.24) is 15.1 Å². The predicted molar refractivity (Wildman–Crippen MR) is 99.7 cm³/mol. The van der Waals surface area contributed by atoms with Crippen molar-refractivity contribution in [1.29, 1.82) is 0 Å². The van der Waals surface area contributed by atoms with E-state index in [-0.39, 0.29) is 18.9 Å². The summed E-state index contributed by atoms with van der Waals surface area (Å²) in [7, 11) is 1.60. The van der Waals surface area contributed by atoms with E-state index in [4.69, 9.17) is 11.6 Å². The van der Waals surface area contributed by atoms with Crippen molar-refractivity contribution in [3.8, 4) is 0 Å². The molecule has 1 aromatic carbocycles. The number of guanidine groups is 1. The van der Waals surface area contributed by atoms with E-state index >= 15 is 0 Å². The fourth-order valence-corrected chi connectivity index (χ4v) is 2.98. The highest BCUT2D eigenvalue weighted by atomic mass is 35.5. The Morgan fingerprint density at radius 3 is 2.52 bits per heavy atom. The van der Waals surface area contributed by atoms with Crippen LogP contribution >= 0.6 is 11.6 Å². The molecule has 1 aliphatic rings. The lowest BCUT2D eigenvalue weighted by molar-refractivity contribution is -0.136. The number of piperazine rings is 1. The highest BCUT2D eigenvalue weighted by molar-refractivity contribution is 6.30. The van der Waals surface area contributed by atoms with Crippen molar-refractivity contribution in [2.75, 3.05) is 33.2 Å². The van der Waals surface area contributed by atoms with Crippen LogP contribution < -0.4 is 5.32 Å². The first-order chi connectivity index (χ1) is 12.8. The van der Waals surface area contributed by atoms with Crippen molar-refractivity contribution >= 4 is 23.5 Å². The van der Waals surface area contributed by atoms with E-state index in [1.165, 1.54) is 0 Å². The Morgan fingerprint density at radius 1 is 1.22 bits per heavy atom. The van der Waals surface area contributed by atoms with Crippen LogP contribution in [0.2, 0.25) is 5.02 Å². The van der Waals surface area contributed by atoms with Crippen LogP contribution in [0, 0.1) is 0 Å². The van der Waals surface area contributed by atoms with Crippen molar-refractivity contribution in [3.05, 3.63) is 34.9 Å². The van der Waals surface area contributed by atoms with E-state index in [1.807, 2.05) is 17.0 Å². The molecule has 150 valence electrons. The van der Waals surface area contributed by atoms with Crippen molar-refractivity contribution < 1.29 is 18.0 Å². The molecule has 0 saturated carbocycles. The number of benzene rings is 1. The summed E-state index contributed by atoms with van der Waals surface area (Å²) in [4.78, 5) is 20.2. The van der Waals surface area contributed by atoms with Gasteiger partial charge in [0.05, 0.1) is 6.54 Å². The van der Waals surface area contributed by atoms with Crippen LogP contribution in [0.3, 0.4) is 0 Å². The zero-order valence-corrected chi connectivity index (χ0v) is 16.0. The molecule has 5 nitrogen and oxygen atoms in total. The van der Waals surface area contributed by atoms with Crippen LogP contribution in [0.4, 0.5) is 13.2 Å². The Morgan fingerprint density at radius 2 is 1.93 bits per heavy atom. The minimum absolute atomic E-state index is 0.0174. The molecule has 1 amide bonds. The number of hydrogen-bond donors (Lipinski definition) is 1. The fraction of sp³-hybridized carbons (Fsp3) is 0.556. The number of rotatable bonds is 6. The second-order valence-electron chi connectivity index (χ2n) is 6.41. The minimum Gasteiger partial charge on any atom is -0.356 e. The van der Waals surface area contributed by atoms with E-state index in [9.17, 15) is 18.0 Å². The Hall–Kier alpha value is -1.96. The largest absolute Gasteiger partial charge is 0.389 e. The summed E-state index contributed by atoms with van der Waals surface area (Å²) in [6, 6.07) is 7.37. The third-order valence-electron chi connectivity index (χ3n) is 4.29. The maximum Gasteiger partial charge on any atom is 0.389 e. The summed E-state index contributed by atoms with van der Waals surface area (Å²) < 4.78 is 36.5. The number of amides is 1. The molecule has 2 rings (SSSR count). The molecule has 1 fully saturated rings. The van der Waals surface area contributed by atoms with Crippen LogP contribution in [-0.2, 0) is 11.3 Å². The zero-order valence-electron chi connectivity index (χ0n) is 15.2. The van der Waals surface area contributed by atoms with Crippen LogP contribution in [0.15, 0.2) is 29.3 Å².